The number of hydrogen-bond acceptors (Lipinski definition) is 5. The van der Waals surface area contributed by atoms with Gasteiger partial charge in [-0.3, -0.25) is 4.79 Å². The maximum Gasteiger partial charge on any atom is 0.473 e. The Hall–Kier alpha value is -1.42. The summed E-state index contributed by atoms with van der Waals surface area (Å²) in [6.07, 6.45) is 0.759. The number of carboxylic acid groups (broad SMARTS) is 1. The molecule has 0 amide bonds. The highest BCUT2D eigenvalue weighted by molar-refractivity contribution is 7.89. The molecule has 2 atom stereocenters. The van der Waals surface area contributed by atoms with Crippen LogP contribution in [-0.4, -0.2) is 43.7 Å². The van der Waals surface area contributed by atoms with Crippen molar-refractivity contribution in [2.75, 3.05) is 0 Å². The van der Waals surface area contributed by atoms with Crippen molar-refractivity contribution in [3.05, 3.63) is 30.3 Å². The lowest BCUT2D eigenvalue weighted by Crippen LogP contribution is -2.52. The topological polar surface area (TPSA) is 113 Å². The van der Waals surface area contributed by atoms with E-state index in [0.717, 1.165) is 0 Å². The smallest absolute Gasteiger partial charge is 0.473 e. The van der Waals surface area contributed by atoms with Crippen LogP contribution in [0.15, 0.2) is 35.2 Å². The van der Waals surface area contributed by atoms with Gasteiger partial charge in [-0.25, -0.2) is 13.1 Å². The minimum absolute atomic E-state index is 0.0439. The quantitative estimate of drug-likeness (QED) is 0.652. The molecule has 1 heterocycles. The monoisotopic (exact) mass is 327 g/mol. The molecule has 0 radical (unpaired) electrons. The lowest BCUT2D eigenvalue weighted by molar-refractivity contribution is -0.137. The van der Waals surface area contributed by atoms with Gasteiger partial charge in [-0.2, -0.15) is 0 Å². The minimum atomic E-state index is -3.72. The van der Waals surface area contributed by atoms with Gasteiger partial charge in [-0.15, -0.1) is 0 Å². The van der Waals surface area contributed by atoms with E-state index < -0.39 is 29.1 Å². The molecular formula is C13H18BNO6S. The van der Waals surface area contributed by atoms with E-state index in [1.165, 1.54) is 12.1 Å². The van der Waals surface area contributed by atoms with Crippen molar-refractivity contribution >= 4 is 23.1 Å². The van der Waals surface area contributed by atoms with Gasteiger partial charge in [0.2, 0.25) is 10.0 Å². The van der Waals surface area contributed by atoms with E-state index in [1.54, 1.807) is 18.2 Å². The molecule has 3 N–H and O–H groups in total. The zero-order valence-corrected chi connectivity index (χ0v) is 12.7. The molecule has 9 heteroatoms. The van der Waals surface area contributed by atoms with Crippen molar-refractivity contribution in [1.29, 1.82) is 0 Å². The second kappa shape index (κ2) is 7.23. The van der Waals surface area contributed by atoms with Crippen LogP contribution in [0.4, 0.5) is 0 Å². The van der Waals surface area contributed by atoms with Crippen LogP contribution in [0.1, 0.15) is 25.7 Å². The summed E-state index contributed by atoms with van der Waals surface area (Å²) in [7, 11) is -5.01. The third-order valence-corrected chi connectivity index (χ3v) is 5.02. The molecule has 1 aliphatic heterocycles. The molecular weight excluding hydrogens is 309 g/mol. The fraction of sp³-hybridized carbons (Fsp3) is 0.462. The Morgan fingerprint density at radius 3 is 2.59 bits per heavy atom. The summed E-state index contributed by atoms with van der Waals surface area (Å²) in [5, 5.41) is 18.5. The zero-order valence-electron chi connectivity index (χ0n) is 11.9. The predicted octanol–water partition coefficient (Wildman–Crippen LogP) is 0.397. The van der Waals surface area contributed by atoms with E-state index >= 15 is 0 Å². The summed E-state index contributed by atoms with van der Waals surface area (Å²) in [4.78, 5) is 10.6. The standard InChI is InChI=1S/C13H18BNO6S/c16-13(17)9-7-10-6-8-12(14(18)21-10)15-22(19,20)11-4-2-1-3-5-11/h1-5,10,12,15,18H,6-9H2,(H,16,17)/t10-,12-/m0/s1. The van der Waals surface area contributed by atoms with E-state index in [9.17, 15) is 18.2 Å². The molecule has 2 rings (SSSR count). The van der Waals surface area contributed by atoms with Gasteiger partial charge in [0, 0.05) is 12.5 Å². The molecule has 0 saturated carbocycles. The molecule has 7 nitrogen and oxygen atoms in total. The average molecular weight is 327 g/mol. The molecule has 120 valence electrons. The second-order valence-corrected chi connectivity index (χ2v) is 6.91. The summed E-state index contributed by atoms with van der Waals surface area (Å²) in [5.41, 5.74) is 0. The highest BCUT2D eigenvalue weighted by Crippen LogP contribution is 2.21. The van der Waals surface area contributed by atoms with Crippen LogP contribution in [-0.2, 0) is 19.5 Å². The first-order valence-corrected chi connectivity index (χ1v) is 8.49. The van der Waals surface area contributed by atoms with E-state index in [1.807, 2.05) is 0 Å². The number of sulfonamides is 1. The van der Waals surface area contributed by atoms with Gasteiger partial charge >= 0.3 is 13.1 Å². The molecule has 1 aliphatic rings. The first kappa shape index (κ1) is 16.9. The number of hydrogen-bond donors (Lipinski definition) is 3. The zero-order chi connectivity index (χ0) is 16.2. The van der Waals surface area contributed by atoms with Crippen molar-refractivity contribution in [2.24, 2.45) is 0 Å². The molecule has 0 unspecified atom stereocenters. The Bertz CT molecular complexity index is 608. The first-order chi connectivity index (χ1) is 10.4. The molecule has 0 aliphatic carbocycles. The van der Waals surface area contributed by atoms with Gasteiger partial charge in [0.1, 0.15) is 0 Å². The van der Waals surface area contributed by atoms with Crippen molar-refractivity contribution in [3.8, 4) is 0 Å². The van der Waals surface area contributed by atoms with Crippen LogP contribution >= 0.6 is 0 Å². The number of nitrogens with one attached hydrogen (secondary N) is 1. The Balaban J connectivity index is 1.94. The molecule has 0 aromatic heterocycles. The maximum atomic E-state index is 12.2. The maximum absolute atomic E-state index is 12.2. The van der Waals surface area contributed by atoms with Crippen LogP contribution in [0.2, 0.25) is 0 Å². The molecule has 1 fully saturated rings. The van der Waals surface area contributed by atoms with Gasteiger partial charge in [0.15, 0.2) is 0 Å². The Kier molecular flexibility index (Phi) is 5.57. The van der Waals surface area contributed by atoms with E-state index in [4.69, 9.17) is 9.76 Å². The molecule has 1 aromatic carbocycles. The van der Waals surface area contributed by atoms with Crippen LogP contribution in [0.3, 0.4) is 0 Å². The van der Waals surface area contributed by atoms with E-state index in [0.29, 0.717) is 19.3 Å². The van der Waals surface area contributed by atoms with Gasteiger partial charge < -0.3 is 14.8 Å². The largest absolute Gasteiger partial charge is 0.481 e. The summed E-state index contributed by atoms with van der Waals surface area (Å²) in [6, 6.07) is 7.88. The fourth-order valence-corrected chi connectivity index (χ4v) is 3.63. The van der Waals surface area contributed by atoms with E-state index in [-0.39, 0.29) is 17.4 Å². The van der Waals surface area contributed by atoms with Crippen LogP contribution in [0.25, 0.3) is 0 Å². The van der Waals surface area contributed by atoms with Crippen molar-refractivity contribution in [3.63, 3.8) is 0 Å². The minimum Gasteiger partial charge on any atom is -0.481 e. The normalized spacial score (nSPS) is 22.5. The number of benzene rings is 1. The predicted molar refractivity (Wildman–Crippen MR) is 79.5 cm³/mol. The van der Waals surface area contributed by atoms with Gasteiger partial charge in [-0.05, 0) is 31.4 Å². The molecule has 0 bridgehead atoms. The SMILES string of the molecule is O=C(O)CC[C@@H]1CC[C@H](NS(=O)(=O)c2ccccc2)B(O)O1. The summed E-state index contributed by atoms with van der Waals surface area (Å²) >= 11 is 0. The Morgan fingerprint density at radius 2 is 2.00 bits per heavy atom. The van der Waals surface area contributed by atoms with Crippen LogP contribution in [0.5, 0.6) is 0 Å². The third-order valence-electron chi connectivity index (χ3n) is 3.52. The van der Waals surface area contributed by atoms with Crippen LogP contribution < -0.4 is 4.72 Å². The van der Waals surface area contributed by atoms with Crippen LogP contribution in [0, 0.1) is 0 Å². The lowest BCUT2D eigenvalue weighted by Gasteiger charge is -2.31. The number of aliphatic carboxylic acids is 1. The highest BCUT2D eigenvalue weighted by atomic mass is 32.2. The Labute approximate surface area is 129 Å². The molecule has 0 spiro atoms. The number of rotatable bonds is 6. The average Bonchev–Trinajstić information content (AvgIpc) is 2.48. The van der Waals surface area contributed by atoms with Gasteiger partial charge in [-0.1, -0.05) is 18.2 Å². The second-order valence-electron chi connectivity index (χ2n) is 5.20. The Morgan fingerprint density at radius 1 is 1.32 bits per heavy atom. The summed E-state index contributed by atoms with van der Waals surface area (Å²) < 4.78 is 32.1. The highest BCUT2D eigenvalue weighted by Gasteiger charge is 2.37. The van der Waals surface area contributed by atoms with Crippen molar-refractivity contribution < 1.29 is 28.0 Å². The molecule has 1 saturated heterocycles. The van der Waals surface area contributed by atoms with Gasteiger partial charge in [0.05, 0.1) is 10.8 Å². The molecule has 22 heavy (non-hydrogen) atoms. The van der Waals surface area contributed by atoms with Crippen molar-refractivity contribution in [2.45, 2.75) is 42.6 Å². The first-order valence-electron chi connectivity index (χ1n) is 7.01. The number of carboxylic acids is 1. The number of carbonyl (C=O) groups is 1. The lowest BCUT2D eigenvalue weighted by atomic mass is 9.73. The van der Waals surface area contributed by atoms with Gasteiger partial charge in [0.25, 0.3) is 0 Å². The molecule has 1 aromatic rings. The summed E-state index contributed by atoms with van der Waals surface area (Å²) in [5.74, 6) is -1.67. The fourth-order valence-electron chi connectivity index (χ4n) is 2.35. The van der Waals surface area contributed by atoms with E-state index in [2.05, 4.69) is 4.72 Å². The third kappa shape index (κ3) is 4.54. The van der Waals surface area contributed by atoms with Crippen molar-refractivity contribution in [1.82, 2.24) is 4.72 Å². The summed E-state index contributed by atoms with van der Waals surface area (Å²) in [6.45, 7) is 0.